The highest BCUT2D eigenvalue weighted by Crippen LogP contribution is 2.01. The first-order valence-corrected chi connectivity index (χ1v) is 6.67. The molecule has 0 aromatic carbocycles. The molecule has 0 aliphatic heterocycles. The van der Waals surface area contributed by atoms with Gasteiger partial charge in [0.05, 0.1) is 6.61 Å². The maximum absolute atomic E-state index is 11.5. The van der Waals surface area contributed by atoms with Gasteiger partial charge in [-0.3, -0.25) is 14.6 Å². The van der Waals surface area contributed by atoms with Gasteiger partial charge in [-0.05, 0) is 30.5 Å². The first-order valence-electron chi connectivity index (χ1n) is 6.67. The van der Waals surface area contributed by atoms with Crippen molar-refractivity contribution >= 4 is 18.3 Å². The average molecular weight is 292 g/mol. The summed E-state index contributed by atoms with van der Waals surface area (Å²) < 4.78 is 5.34. The Morgan fingerprint density at radius 3 is 2.71 bits per heavy atom. The molecule has 21 heavy (non-hydrogen) atoms. The number of nitrogens with zero attached hydrogens (tertiary/aromatic N) is 1. The molecule has 0 fully saturated rings. The number of hydroxylamine groups is 1. The van der Waals surface area contributed by atoms with Crippen molar-refractivity contribution in [2.45, 2.75) is 27.1 Å². The lowest BCUT2D eigenvalue weighted by Gasteiger charge is -2.14. The molecule has 114 valence electrons. The Balaban J connectivity index is 2.35. The van der Waals surface area contributed by atoms with Crippen LogP contribution in [0.15, 0.2) is 24.4 Å². The van der Waals surface area contributed by atoms with E-state index in [1.807, 2.05) is 13.8 Å². The SMILES string of the molecule is CC(C)COC(C)ONC(=O)/C=C/c1ccc(C=O)nc1. The molecule has 0 spiro atoms. The average Bonchev–Trinajstić information content (AvgIpc) is 2.49. The molecule has 1 aromatic rings. The van der Waals surface area contributed by atoms with Crippen LogP contribution in [0, 0.1) is 5.92 Å². The number of aromatic nitrogens is 1. The highest BCUT2D eigenvalue weighted by Gasteiger charge is 2.05. The van der Waals surface area contributed by atoms with Crippen LogP contribution in [0.3, 0.4) is 0 Å². The number of pyridine rings is 1. The van der Waals surface area contributed by atoms with Crippen LogP contribution in [0.4, 0.5) is 0 Å². The molecule has 0 saturated heterocycles. The normalized spacial score (nSPS) is 12.6. The van der Waals surface area contributed by atoms with Gasteiger partial charge in [-0.2, -0.15) is 0 Å². The van der Waals surface area contributed by atoms with Crippen molar-refractivity contribution in [3.63, 3.8) is 0 Å². The first kappa shape index (κ1) is 17.0. The summed E-state index contributed by atoms with van der Waals surface area (Å²) in [6.07, 6.45) is 4.53. The molecule has 1 unspecified atom stereocenters. The summed E-state index contributed by atoms with van der Waals surface area (Å²) in [6, 6.07) is 3.26. The minimum Gasteiger partial charge on any atom is -0.350 e. The third kappa shape index (κ3) is 7.34. The molecule has 0 saturated carbocycles. The third-order valence-electron chi connectivity index (χ3n) is 2.35. The summed E-state index contributed by atoms with van der Waals surface area (Å²) >= 11 is 0. The van der Waals surface area contributed by atoms with Gasteiger partial charge in [0, 0.05) is 12.3 Å². The molecule has 1 heterocycles. The maximum Gasteiger partial charge on any atom is 0.267 e. The van der Waals surface area contributed by atoms with Gasteiger partial charge in [0.1, 0.15) is 5.69 Å². The summed E-state index contributed by atoms with van der Waals surface area (Å²) in [4.78, 5) is 30.9. The summed E-state index contributed by atoms with van der Waals surface area (Å²) in [5.74, 6) is -0.0112. The number of aldehydes is 1. The van der Waals surface area contributed by atoms with E-state index in [4.69, 9.17) is 9.57 Å². The predicted octanol–water partition coefficient (Wildman–Crippen LogP) is 1.97. The van der Waals surface area contributed by atoms with Crippen molar-refractivity contribution in [1.29, 1.82) is 0 Å². The lowest BCUT2D eigenvalue weighted by atomic mass is 10.2. The molecule has 0 aliphatic rings. The summed E-state index contributed by atoms with van der Waals surface area (Å²) in [7, 11) is 0. The van der Waals surface area contributed by atoms with Gasteiger partial charge in [-0.1, -0.05) is 19.9 Å². The highest BCUT2D eigenvalue weighted by molar-refractivity contribution is 5.90. The van der Waals surface area contributed by atoms with E-state index in [-0.39, 0.29) is 0 Å². The van der Waals surface area contributed by atoms with Crippen molar-refractivity contribution < 1.29 is 19.2 Å². The Kier molecular flexibility index (Phi) is 7.28. The molecule has 1 aromatic heterocycles. The van der Waals surface area contributed by atoms with Gasteiger partial charge in [0.15, 0.2) is 12.6 Å². The van der Waals surface area contributed by atoms with E-state index in [1.165, 1.54) is 12.3 Å². The number of carbonyl (C=O) groups excluding carboxylic acids is 2. The number of hydrogen-bond donors (Lipinski definition) is 1. The molecule has 6 nitrogen and oxygen atoms in total. The fraction of sp³-hybridized carbons (Fsp3) is 0.400. The highest BCUT2D eigenvalue weighted by atomic mass is 16.8. The van der Waals surface area contributed by atoms with E-state index >= 15 is 0 Å². The van der Waals surface area contributed by atoms with Crippen LogP contribution >= 0.6 is 0 Å². The summed E-state index contributed by atoms with van der Waals surface area (Å²) in [5, 5.41) is 0. The zero-order valence-corrected chi connectivity index (χ0v) is 12.4. The minimum absolute atomic E-state index is 0.344. The van der Waals surface area contributed by atoms with Gasteiger partial charge in [0.2, 0.25) is 0 Å². The standard InChI is InChI=1S/C15H20N2O4/c1-11(2)10-20-12(3)21-17-15(19)7-5-13-4-6-14(9-18)16-8-13/h4-9,11-12H,10H2,1-3H3,(H,17,19)/b7-5+. The Morgan fingerprint density at radius 2 is 2.14 bits per heavy atom. The van der Waals surface area contributed by atoms with Gasteiger partial charge in [-0.25, -0.2) is 10.3 Å². The Morgan fingerprint density at radius 1 is 1.38 bits per heavy atom. The number of carbonyl (C=O) groups is 2. The predicted molar refractivity (Wildman–Crippen MR) is 78.1 cm³/mol. The topological polar surface area (TPSA) is 77.5 Å². The Bertz CT molecular complexity index is 483. The molecule has 0 radical (unpaired) electrons. The Labute approximate surface area is 124 Å². The van der Waals surface area contributed by atoms with E-state index in [2.05, 4.69) is 10.5 Å². The molecule has 6 heteroatoms. The van der Waals surface area contributed by atoms with Gasteiger partial charge in [0.25, 0.3) is 5.91 Å². The fourth-order valence-corrected chi connectivity index (χ4v) is 1.29. The van der Waals surface area contributed by atoms with Crippen LogP contribution in [-0.2, 0) is 14.4 Å². The van der Waals surface area contributed by atoms with Crippen molar-refractivity contribution in [2.75, 3.05) is 6.61 Å². The number of hydrogen-bond acceptors (Lipinski definition) is 5. The van der Waals surface area contributed by atoms with Crippen LogP contribution in [0.2, 0.25) is 0 Å². The molecular formula is C15H20N2O4. The number of rotatable bonds is 8. The first-order chi connectivity index (χ1) is 10.0. The lowest BCUT2D eigenvalue weighted by molar-refractivity contribution is -0.180. The van der Waals surface area contributed by atoms with E-state index in [0.717, 1.165) is 0 Å². The molecule has 0 aliphatic carbocycles. The monoisotopic (exact) mass is 292 g/mol. The largest absolute Gasteiger partial charge is 0.350 e. The van der Waals surface area contributed by atoms with Crippen LogP contribution in [-0.4, -0.2) is 30.1 Å². The van der Waals surface area contributed by atoms with Crippen LogP contribution in [0.25, 0.3) is 6.08 Å². The van der Waals surface area contributed by atoms with Crippen molar-refractivity contribution in [3.8, 4) is 0 Å². The van der Waals surface area contributed by atoms with Crippen LogP contribution < -0.4 is 5.48 Å². The second kappa shape index (κ2) is 8.99. The lowest BCUT2D eigenvalue weighted by Crippen LogP contribution is -2.29. The van der Waals surface area contributed by atoms with Crippen LogP contribution in [0.1, 0.15) is 36.8 Å². The smallest absolute Gasteiger partial charge is 0.267 e. The minimum atomic E-state index is -0.515. The number of amides is 1. The fourth-order valence-electron chi connectivity index (χ4n) is 1.29. The Hall–Kier alpha value is -2.05. The van der Waals surface area contributed by atoms with Crippen LogP contribution in [0.5, 0.6) is 0 Å². The van der Waals surface area contributed by atoms with Crippen molar-refractivity contribution in [1.82, 2.24) is 10.5 Å². The van der Waals surface area contributed by atoms with Gasteiger partial charge in [-0.15, -0.1) is 0 Å². The quantitative estimate of drug-likeness (QED) is 0.343. The van der Waals surface area contributed by atoms with E-state index in [9.17, 15) is 9.59 Å². The summed E-state index contributed by atoms with van der Waals surface area (Å²) in [5.41, 5.74) is 3.32. The molecule has 1 atom stereocenters. The number of nitrogens with one attached hydrogen (secondary N) is 1. The van der Waals surface area contributed by atoms with E-state index in [1.54, 1.807) is 25.1 Å². The second-order valence-corrected chi connectivity index (χ2v) is 4.85. The maximum atomic E-state index is 11.5. The van der Waals surface area contributed by atoms with E-state index in [0.29, 0.717) is 30.1 Å². The second-order valence-electron chi connectivity index (χ2n) is 4.85. The molecule has 0 bridgehead atoms. The summed E-state index contributed by atoms with van der Waals surface area (Å²) in [6.45, 7) is 6.31. The van der Waals surface area contributed by atoms with Crippen molar-refractivity contribution in [2.24, 2.45) is 5.92 Å². The zero-order chi connectivity index (χ0) is 15.7. The molecule has 1 N–H and O–H groups in total. The zero-order valence-electron chi connectivity index (χ0n) is 12.4. The third-order valence-corrected chi connectivity index (χ3v) is 2.35. The number of ether oxygens (including phenoxy) is 1. The van der Waals surface area contributed by atoms with Gasteiger partial charge >= 0.3 is 0 Å². The molecule has 1 amide bonds. The molecular weight excluding hydrogens is 272 g/mol. The van der Waals surface area contributed by atoms with E-state index < -0.39 is 12.2 Å². The van der Waals surface area contributed by atoms with Gasteiger partial charge < -0.3 is 4.74 Å². The molecule has 1 rings (SSSR count). The van der Waals surface area contributed by atoms with Crippen molar-refractivity contribution in [3.05, 3.63) is 35.7 Å².